The van der Waals surface area contributed by atoms with Gasteiger partial charge in [-0.05, 0) is 56.7 Å². The quantitative estimate of drug-likeness (QED) is 0.433. The molecule has 0 saturated heterocycles. The summed E-state index contributed by atoms with van der Waals surface area (Å²) in [5.74, 6) is 0.218. The highest BCUT2D eigenvalue weighted by atomic mass is 35.5. The van der Waals surface area contributed by atoms with Gasteiger partial charge in [-0.15, -0.1) is 0 Å². The van der Waals surface area contributed by atoms with Crippen molar-refractivity contribution in [3.8, 4) is 17.2 Å². The maximum atomic E-state index is 13.8. The summed E-state index contributed by atoms with van der Waals surface area (Å²) in [5, 5.41) is 10.8. The lowest BCUT2D eigenvalue weighted by atomic mass is 9.95. The van der Waals surface area contributed by atoms with Crippen LogP contribution < -0.4 is 24.4 Å². The number of carbonyl (C=O) groups is 1. The molecule has 1 N–H and O–H groups in total. The highest BCUT2D eigenvalue weighted by Crippen LogP contribution is 2.36. The Morgan fingerprint density at radius 3 is 2.62 bits per heavy atom. The van der Waals surface area contributed by atoms with Crippen LogP contribution in [0.3, 0.4) is 0 Å². The first-order valence-corrected chi connectivity index (χ1v) is 13.0. The maximum Gasteiger partial charge on any atom is 0.338 e. The fourth-order valence-electron chi connectivity index (χ4n) is 4.08. The van der Waals surface area contributed by atoms with Gasteiger partial charge in [-0.2, -0.15) is 0 Å². The number of hydrogen-bond donors (Lipinski definition) is 1. The Bertz CT molecular complexity index is 1590. The van der Waals surface area contributed by atoms with E-state index in [0.29, 0.717) is 39.2 Å². The van der Waals surface area contributed by atoms with Crippen molar-refractivity contribution >= 4 is 46.6 Å². The number of carbonyl (C=O) groups excluding carboxylic acids is 1. The smallest absolute Gasteiger partial charge is 0.338 e. The van der Waals surface area contributed by atoms with E-state index >= 15 is 0 Å². The summed E-state index contributed by atoms with van der Waals surface area (Å²) < 4.78 is 18.2. The maximum absolute atomic E-state index is 13.8. The normalized spacial score (nSPS) is 15.3. The van der Waals surface area contributed by atoms with Crippen LogP contribution in [0.15, 0.2) is 51.4 Å². The number of aromatic nitrogens is 1. The third-order valence-electron chi connectivity index (χ3n) is 5.66. The van der Waals surface area contributed by atoms with Gasteiger partial charge >= 0.3 is 5.97 Å². The molecule has 0 unspecified atom stereocenters. The van der Waals surface area contributed by atoms with E-state index in [4.69, 9.17) is 37.4 Å². The standard InChI is InChI=1S/C26H24Cl2N2O6S/c1-5-35-19-10-14(7-8-18(19)34-4)22-21(25(33)36-6-2)13(3)29-26-30(22)24(32)20(37-26)11-15-9-16(27)12-17(28)23(15)31/h7-12,22,31H,5-6H2,1-4H3/b20-11-/t22-/m1/s1. The van der Waals surface area contributed by atoms with Crippen molar-refractivity contribution in [2.75, 3.05) is 20.3 Å². The minimum atomic E-state index is -0.834. The predicted molar refractivity (Wildman–Crippen MR) is 143 cm³/mol. The fourth-order valence-corrected chi connectivity index (χ4v) is 5.62. The molecule has 11 heteroatoms. The number of halogens is 2. The van der Waals surface area contributed by atoms with E-state index in [1.165, 1.54) is 29.9 Å². The molecule has 1 aliphatic heterocycles. The number of benzene rings is 2. The largest absolute Gasteiger partial charge is 0.506 e. The molecule has 2 aromatic carbocycles. The van der Waals surface area contributed by atoms with Crippen molar-refractivity contribution in [3.05, 3.63) is 82.5 Å². The van der Waals surface area contributed by atoms with Crippen molar-refractivity contribution in [2.45, 2.75) is 26.8 Å². The number of nitrogens with zero attached hydrogens (tertiary/aromatic N) is 2. The Hall–Kier alpha value is -3.27. The number of rotatable bonds is 7. The fraction of sp³-hybridized carbons (Fsp3) is 0.269. The van der Waals surface area contributed by atoms with Crippen LogP contribution in [-0.4, -0.2) is 36.0 Å². The molecule has 0 aliphatic carbocycles. The first-order chi connectivity index (χ1) is 17.7. The van der Waals surface area contributed by atoms with Crippen LogP contribution in [0.4, 0.5) is 0 Å². The zero-order valence-corrected chi connectivity index (χ0v) is 22.8. The second kappa shape index (κ2) is 11.0. The third kappa shape index (κ3) is 5.12. The molecule has 8 nitrogen and oxygen atoms in total. The Balaban J connectivity index is 1.99. The Kier molecular flexibility index (Phi) is 7.96. The molecular weight excluding hydrogens is 539 g/mol. The number of hydrogen-bond acceptors (Lipinski definition) is 8. The van der Waals surface area contributed by atoms with Crippen LogP contribution in [0.25, 0.3) is 6.08 Å². The van der Waals surface area contributed by atoms with E-state index in [1.54, 1.807) is 32.0 Å². The van der Waals surface area contributed by atoms with Crippen LogP contribution in [0, 0.1) is 0 Å². The van der Waals surface area contributed by atoms with Gasteiger partial charge in [-0.1, -0.05) is 40.6 Å². The molecule has 0 saturated carbocycles. The second-order valence-electron chi connectivity index (χ2n) is 7.97. The van der Waals surface area contributed by atoms with Crippen LogP contribution in [-0.2, 0) is 9.53 Å². The SMILES string of the molecule is CCOC(=O)C1=C(C)N=c2s/c(=C\c3cc(Cl)cc(Cl)c3O)c(=O)n2[C@@H]1c1ccc(OC)c(OCC)c1. The van der Waals surface area contributed by atoms with Gasteiger partial charge in [0.25, 0.3) is 5.56 Å². The van der Waals surface area contributed by atoms with Gasteiger partial charge in [0.05, 0.1) is 47.2 Å². The molecular formula is C26H24Cl2N2O6S. The van der Waals surface area contributed by atoms with E-state index in [-0.39, 0.29) is 33.0 Å². The van der Waals surface area contributed by atoms with Crippen molar-refractivity contribution in [1.82, 2.24) is 4.57 Å². The van der Waals surface area contributed by atoms with Gasteiger partial charge in [0, 0.05) is 10.6 Å². The van der Waals surface area contributed by atoms with E-state index in [9.17, 15) is 14.7 Å². The summed E-state index contributed by atoms with van der Waals surface area (Å²) in [6, 6.07) is 7.31. The van der Waals surface area contributed by atoms with E-state index in [0.717, 1.165) is 11.3 Å². The van der Waals surface area contributed by atoms with Crippen molar-refractivity contribution < 1.29 is 24.1 Å². The molecule has 0 bridgehead atoms. The average molecular weight is 563 g/mol. The van der Waals surface area contributed by atoms with Crippen LogP contribution in [0.1, 0.15) is 37.9 Å². The van der Waals surface area contributed by atoms with E-state index in [1.807, 2.05) is 6.92 Å². The highest BCUT2D eigenvalue weighted by molar-refractivity contribution is 7.07. The number of thiazole rings is 1. The number of ether oxygens (including phenoxy) is 3. The summed E-state index contributed by atoms with van der Waals surface area (Å²) >= 11 is 13.3. The number of fused-ring (bicyclic) bond motifs is 1. The molecule has 0 fully saturated rings. The number of phenols is 1. The summed E-state index contributed by atoms with van der Waals surface area (Å²) in [4.78, 5) is 31.8. The Morgan fingerprint density at radius 1 is 1.19 bits per heavy atom. The van der Waals surface area contributed by atoms with E-state index in [2.05, 4.69) is 4.99 Å². The lowest BCUT2D eigenvalue weighted by Gasteiger charge is -2.25. The van der Waals surface area contributed by atoms with Crippen molar-refractivity contribution in [3.63, 3.8) is 0 Å². The lowest BCUT2D eigenvalue weighted by Crippen LogP contribution is -2.40. The first kappa shape index (κ1) is 26.8. The molecule has 1 atom stereocenters. The van der Waals surface area contributed by atoms with Crippen LogP contribution in [0.2, 0.25) is 10.0 Å². The van der Waals surface area contributed by atoms with E-state index < -0.39 is 17.6 Å². The van der Waals surface area contributed by atoms with Gasteiger partial charge < -0.3 is 19.3 Å². The molecule has 1 aromatic heterocycles. The molecule has 1 aliphatic rings. The van der Waals surface area contributed by atoms with Crippen molar-refractivity contribution in [1.29, 1.82) is 0 Å². The highest BCUT2D eigenvalue weighted by Gasteiger charge is 2.34. The minimum Gasteiger partial charge on any atom is -0.506 e. The summed E-state index contributed by atoms with van der Waals surface area (Å²) in [6.45, 7) is 5.82. The monoisotopic (exact) mass is 562 g/mol. The minimum absolute atomic E-state index is 0.0616. The predicted octanol–water partition coefficient (Wildman–Crippen LogP) is 4.22. The molecule has 4 rings (SSSR count). The molecule has 0 radical (unpaired) electrons. The first-order valence-electron chi connectivity index (χ1n) is 11.4. The molecule has 194 valence electrons. The topological polar surface area (TPSA) is 99.4 Å². The molecule has 0 spiro atoms. The van der Waals surface area contributed by atoms with Gasteiger partial charge in [-0.3, -0.25) is 9.36 Å². The summed E-state index contributed by atoms with van der Waals surface area (Å²) in [5.41, 5.74) is 1.15. The number of aromatic hydroxyl groups is 1. The molecule has 0 amide bonds. The van der Waals surface area contributed by atoms with Gasteiger partial charge in [-0.25, -0.2) is 9.79 Å². The van der Waals surface area contributed by atoms with Gasteiger partial charge in [0.1, 0.15) is 5.75 Å². The summed E-state index contributed by atoms with van der Waals surface area (Å²) in [7, 11) is 1.53. The Labute approximate surface area is 226 Å². The second-order valence-corrected chi connectivity index (χ2v) is 9.82. The molecule has 37 heavy (non-hydrogen) atoms. The zero-order valence-electron chi connectivity index (χ0n) is 20.5. The molecule has 2 heterocycles. The number of esters is 1. The van der Waals surface area contributed by atoms with Crippen LogP contribution >= 0.6 is 34.5 Å². The van der Waals surface area contributed by atoms with Crippen molar-refractivity contribution in [2.24, 2.45) is 4.99 Å². The lowest BCUT2D eigenvalue weighted by molar-refractivity contribution is -0.139. The zero-order chi connectivity index (χ0) is 26.9. The van der Waals surface area contributed by atoms with Gasteiger partial charge in [0.2, 0.25) is 0 Å². The number of methoxy groups -OCH3 is 1. The van der Waals surface area contributed by atoms with Gasteiger partial charge in [0.15, 0.2) is 16.3 Å². The number of allylic oxidation sites excluding steroid dienone is 1. The van der Waals surface area contributed by atoms with Crippen LogP contribution in [0.5, 0.6) is 17.2 Å². The number of phenolic OH excluding ortho intramolecular Hbond substituents is 1. The average Bonchev–Trinajstić information content (AvgIpc) is 3.15. The Morgan fingerprint density at radius 2 is 1.95 bits per heavy atom. The molecule has 3 aromatic rings. The third-order valence-corrected chi connectivity index (χ3v) is 7.15. The summed E-state index contributed by atoms with van der Waals surface area (Å²) in [6.07, 6.45) is 1.50.